The van der Waals surface area contributed by atoms with Crippen molar-refractivity contribution >= 4 is 11.3 Å². The number of piperidine rings is 1. The lowest BCUT2D eigenvalue weighted by Crippen LogP contribution is -2.26. The number of nitrogens with one attached hydrogen (secondary N) is 1. The highest BCUT2D eigenvalue weighted by Gasteiger charge is 2.17. The molecule has 4 heteroatoms. The minimum Gasteiger partial charge on any atom is -0.330 e. The van der Waals surface area contributed by atoms with Crippen LogP contribution in [0.3, 0.4) is 0 Å². The van der Waals surface area contributed by atoms with E-state index < -0.39 is 0 Å². The van der Waals surface area contributed by atoms with E-state index in [9.17, 15) is 0 Å². The van der Waals surface area contributed by atoms with E-state index in [4.69, 9.17) is 5.73 Å². The summed E-state index contributed by atoms with van der Waals surface area (Å²) in [6, 6.07) is 0.510. The average Bonchev–Trinajstić information content (AvgIpc) is 2.76. The molecule has 0 saturated carbocycles. The second kappa shape index (κ2) is 5.58. The first-order valence-corrected chi connectivity index (χ1v) is 6.66. The van der Waals surface area contributed by atoms with Crippen molar-refractivity contribution in [2.45, 2.75) is 38.1 Å². The predicted molar refractivity (Wildman–Crippen MR) is 64.1 cm³/mol. The zero-order valence-electron chi connectivity index (χ0n) is 9.04. The monoisotopic (exact) mass is 225 g/mol. The quantitative estimate of drug-likeness (QED) is 0.822. The van der Waals surface area contributed by atoms with Gasteiger partial charge in [0.2, 0.25) is 0 Å². The topological polar surface area (TPSA) is 50.9 Å². The Labute approximate surface area is 95.1 Å². The molecule has 1 fully saturated rings. The summed E-state index contributed by atoms with van der Waals surface area (Å²) >= 11 is 1.79. The van der Waals surface area contributed by atoms with Crippen LogP contribution < -0.4 is 11.1 Å². The molecule has 1 aromatic rings. The van der Waals surface area contributed by atoms with E-state index in [-0.39, 0.29) is 0 Å². The van der Waals surface area contributed by atoms with E-state index in [1.54, 1.807) is 11.3 Å². The van der Waals surface area contributed by atoms with Crippen molar-refractivity contribution in [1.29, 1.82) is 0 Å². The third-order valence-corrected chi connectivity index (χ3v) is 3.82. The maximum Gasteiger partial charge on any atom is 0.110 e. The maximum absolute atomic E-state index is 5.49. The Morgan fingerprint density at radius 2 is 2.47 bits per heavy atom. The molecule has 0 aliphatic carbocycles. The molecule has 1 saturated heterocycles. The number of aryl methyl sites for hydroxylation is 1. The van der Waals surface area contributed by atoms with Crippen molar-refractivity contribution in [2.24, 2.45) is 5.73 Å². The molecule has 3 N–H and O–H groups in total. The smallest absolute Gasteiger partial charge is 0.110 e. The standard InChI is InChI=1S/C11H19N3S/c12-6-3-4-9-8-15-11(14-9)10-5-1-2-7-13-10/h8,10,13H,1-7,12H2. The van der Waals surface area contributed by atoms with Gasteiger partial charge in [-0.1, -0.05) is 6.42 Å². The van der Waals surface area contributed by atoms with Crippen molar-refractivity contribution in [3.8, 4) is 0 Å². The van der Waals surface area contributed by atoms with Gasteiger partial charge in [0.05, 0.1) is 11.7 Å². The van der Waals surface area contributed by atoms with E-state index in [1.807, 2.05) is 0 Å². The van der Waals surface area contributed by atoms with Crippen LogP contribution in [0.2, 0.25) is 0 Å². The van der Waals surface area contributed by atoms with Crippen molar-refractivity contribution in [2.75, 3.05) is 13.1 Å². The second-order valence-electron chi connectivity index (χ2n) is 4.07. The molecule has 1 aliphatic rings. The van der Waals surface area contributed by atoms with Gasteiger partial charge in [-0.2, -0.15) is 0 Å². The van der Waals surface area contributed by atoms with Crippen LogP contribution in [-0.2, 0) is 6.42 Å². The van der Waals surface area contributed by atoms with E-state index in [1.165, 1.54) is 30.0 Å². The Morgan fingerprint density at radius 1 is 1.53 bits per heavy atom. The number of aromatic nitrogens is 1. The Morgan fingerprint density at radius 3 is 3.20 bits per heavy atom. The molecule has 1 unspecified atom stereocenters. The minimum atomic E-state index is 0.510. The average molecular weight is 225 g/mol. The molecule has 2 heterocycles. The molecule has 0 amide bonds. The lowest BCUT2D eigenvalue weighted by atomic mass is 10.1. The highest BCUT2D eigenvalue weighted by molar-refractivity contribution is 7.09. The SMILES string of the molecule is NCCCc1csc(C2CCCCN2)n1. The van der Waals surface area contributed by atoms with Gasteiger partial charge in [0.1, 0.15) is 5.01 Å². The molecule has 0 aromatic carbocycles. The van der Waals surface area contributed by atoms with Crippen LogP contribution in [0.5, 0.6) is 0 Å². The lowest BCUT2D eigenvalue weighted by molar-refractivity contribution is 0.410. The van der Waals surface area contributed by atoms with Crippen molar-refractivity contribution in [1.82, 2.24) is 10.3 Å². The van der Waals surface area contributed by atoms with E-state index in [0.29, 0.717) is 6.04 Å². The molecule has 1 aliphatic heterocycles. The molecular weight excluding hydrogens is 206 g/mol. The van der Waals surface area contributed by atoms with Crippen molar-refractivity contribution in [3.05, 3.63) is 16.1 Å². The van der Waals surface area contributed by atoms with Crippen molar-refractivity contribution in [3.63, 3.8) is 0 Å². The Hall–Kier alpha value is -0.450. The number of nitrogens with two attached hydrogens (primary N) is 1. The first-order valence-electron chi connectivity index (χ1n) is 5.78. The number of thiazole rings is 1. The third kappa shape index (κ3) is 3.00. The summed E-state index contributed by atoms with van der Waals surface area (Å²) in [4.78, 5) is 4.67. The van der Waals surface area contributed by atoms with Gasteiger partial charge in [0.25, 0.3) is 0 Å². The fourth-order valence-corrected chi connectivity index (χ4v) is 2.91. The predicted octanol–water partition coefficient (Wildman–Crippen LogP) is 1.85. The van der Waals surface area contributed by atoms with Gasteiger partial charge in [-0.15, -0.1) is 11.3 Å². The summed E-state index contributed by atoms with van der Waals surface area (Å²) in [6.07, 6.45) is 5.95. The zero-order valence-corrected chi connectivity index (χ0v) is 9.85. The Bertz CT molecular complexity index is 292. The fraction of sp³-hybridized carbons (Fsp3) is 0.727. The highest BCUT2D eigenvalue weighted by atomic mass is 32.1. The molecule has 15 heavy (non-hydrogen) atoms. The highest BCUT2D eigenvalue weighted by Crippen LogP contribution is 2.25. The summed E-state index contributed by atoms with van der Waals surface area (Å²) < 4.78 is 0. The fourth-order valence-electron chi connectivity index (χ4n) is 1.94. The minimum absolute atomic E-state index is 0.510. The third-order valence-electron chi connectivity index (χ3n) is 2.81. The van der Waals surface area contributed by atoms with Crippen LogP contribution in [0.4, 0.5) is 0 Å². The molecule has 2 rings (SSSR count). The molecule has 84 valence electrons. The van der Waals surface area contributed by atoms with E-state index in [0.717, 1.165) is 25.9 Å². The van der Waals surface area contributed by atoms with Gasteiger partial charge < -0.3 is 11.1 Å². The van der Waals surface area contributed by atoms with E-state index >= 15 is 0 Å². The first kappa shape index (κ1) is 11.0. The van der Waals surface area contributed by atoms with Crippen LogP contribution in [-0.4, -0.2) is 18.1 Å². The van der Waals surface area contributed by atoms with Crippen molar-refractivity contribution < 1.29 is 0 Å². The lowest BCUT2D eigenvalue weighted by Gasteiger charge is -2.21. The second-order valence-corrected chi connectivity index (χ2v) is 4.96. The van der Waals surface area contributed by atoms with Gasteiger partial charge in [-0.05, 0) is 38.8 Å². The summed E-state index contributed by atoms with van der Waals surface area (Å²) in [5, 5.41) is 6.98. The van der Waals surface area contributed by atoms with Gasteiger partial charge in [-0.3, -0.25) is 0 Å². The Kier molecular flexibility index (Phi) is 4.11. The zero-order chi connectivity index (χ0) is 10.5. The van der Waals surface area contributed by atoms with Crippen LogP contribution in [0.1, 0.15) is 42.4 Å². The molecule has 0 bridgehead atoms. The summed E-state index contributed by atoms with van der Waals surface area (Å²) in [6.45, 7) is 1.90. The maximum atomic E-state index is 5.49. The van der Waals surface area contributed by atoms with Gasteiger partial charge >= 0.3 is 0 Å². The Balaban J connectivity index is 1.93. The molecule has 0 radical (unpaired) electrons. The largest absolute Gasteiger partial charge is 0.330 e. The van der Waals surface area contributed by atoms with Crippen LogP contribution in [0, 0.1) is 0 Å². The summed E-state index contributed by atoms with van der Waals surface area (Å²) in [7, 11) is 0. The molecule has 0 spiro atoms. The molecule has 1 atom stereocenters. The molecular formula is C11H19N3S. The van der Waals surface area contributed by atoms with Crippen LogP contribution in [0.25, 0.3) is 0 Å². The van der Waals surface area contributed by atoms with E-state index in [2.05, 4.69) is 15.7 Å². The van der Waals surface area contributed by atoms with Gasteiger partial charge in [0.15, 0.2) is 0 Å². The van der Waals surface area contributed by atoms with Crippen LogP contribution >= 0.6 is 11.3 Å². The first-order chi connectivity index (χ1) is 7.40. The number of nitrogens with zero attached hydrogens (tertiary/aromatic N) is 1. The summed E-state index contributed by atoms with van der Waals surface area (Å²) in [5.41, 5.74) is 6.70. The van der Waals surface area contributed by atoms with Gasteiger partial charge in [-0.25, -0.2) is 4.98 Å². The number of hydrogen-bond acceptors (Lipinski definition) is 4. The summed E-state index contributed by atoms with van der Waals surface area (Å²) in [5.74, 6) is 0. The number of hydrogen-bond donors (Lipinski definition) is 2. The van der Waals surface area contributed by atoms with Crippen LogP contribution in [0.15, 0.2) is 5.38 Å². The normalized spacial score (nSPS) is 21.8. The molecule has 3 nitrogen and oxygen atoms in total. The van der Waals surface area contributed by atoms with Gasteiger partial charge in [0, 0.05) is 5.38 Å². The number of rotatable bonds is 4. The molecule has 1 aromatic heterocycles.